The highest BCUT2D eigenvalue weighted by Crippen LogP contribution is 2.32. The van der Waals surface area contributed by atoms with Crippen molar-refractivity contribution in [1.29, 1.82) is 0 Å². The van der Waals surface area contributed by atoms with Gasteiger partial charge in [-0.25, -0.2) is 0 Å². The van der Waals surface area contributed by atoms with Crippen molar-refractivity contribution >= 4 is 46.6 Å². The lowest BCUT2D eigenvalue weighted by atomic mass is 9.79. The van der Waals surface area contributed by atoms with Crippen molar-refractivity contribution in [3.8, 4) is 5.75 Å². The molecule has 0 bridgehead atoms. The first kappa shape index (κ1) is 9.85. The zero-order valence-corrected chi connectivity index (χ0v) is 8.72. The summed E-state index contributed by atoms with van der Waals surface area (Å²) in [4.78, 5) is 0.635. The van der Waals surface area contributed by atoms with Gasteiger partial charge >= 0.3 is 7.12 Å². The molecule has 0 saturated heterocycles. The number of hydrogen-bond acceptors (Lipinski definition) is 5. The molecule has 1 aromatic carbocycles. The molecule has 2 rings (SSSR count). The summed E-state index contributed by atoms with van der Waals surface area (Å²) in [5.41, 5.74) is 0.0842. The maximum absolute atomic E-state index is 9.69. The number of thiol groups is 1. The maximum atomic E-state index is 9.69. The molecule has 0 aliphatic carbocycles. The van der Waals surface area contributed by atoms with Gasteiger partial charge in [-0.2, -0.15) is 0 Å². The van der Waals surface area contributed by atoms with E-state index < -0.39 is 7.12 Å². The minimum absolute atomic E-state index is 0.0842. The lowest BCUT2D eigenvalue weighted by Crippen LogP contribution is -2.30. The van der Waals surface area contributed by atoms with Crippen molar-refractivity contribution in [1.82, 2.24) is 0 Å². The molecule has 0 spiro atoms. The van der Waals surface area contributed by atoms with Gasteiger partial charge in [-0.05, 0) is 17.5 Å². The zero-order chi connectivity index (χ0) is 10.3. The van der Waals surface area contributed by atoms with Gasteiger partial charge in [0.05, 0.1) is 4.70 Å². The molecular weight excluding hydrogens is 219 g/mol. The molecule has 1 heterocycles. The molecule has 0 aliphatic rings. The summed E-state index contributed by atoms with van der Waals surface area (Å²) in [7, 11) is -1.68. The van der Waals surface area contributed by atoms with E-state index in [1.807, 2.05) is 5.38 Å². The normalized spacial score (nSPS) is 10.8. The van der Waals surface area contributed by atoms with Crippen LogP contribution in [0, 0.1) is 0 Å². The van der Waals surface area contributed by atoms with E-state index in [4.69, 9.17) is 10.0 Å². The summed E-state index contributed by atoms with van der Waals surface area (Å²) in [5.74, 6) is -0.0888. The van der Waals surface area contributed by atoms with Crippen LogP contribution in [0.3, 0.4) is 0 Å². The third-order valence-electron chi connectivity index (χ3n) is 2.00. The van der Waals surface area contributed by atoms with Gasteiger partial charge in [0.2, 0.25) is 0 Å². The molecule has 0 aliphatic heterocycles. The standard InChI is InChI=1S/C8H7BO3S2/c10-7-4-1-2-14-8(4)6(13)3-5(7)9(11)12/h1-3,10-13H. The molecule has 3 N–H and O–H groups in total. The van der Waals surface area contributed by atoms with Crippen molar-refractivity contribution in [2.45, 2.75) is 4.90 Å². The van der Waals surface area contributed by atoms with Gasteiger partial charge in [-0.3, -0.25) is 0 Å². The summed E-state index contributed by atoms with van der Waals surface area (Å²) in [6.45, 7) is 0. The van der Waals surface area contributed by atoms with E-state index >= 15 is 0 Å². The van der Waals surface area contributed by atoms with E-state index in [0.717, 1.165) is 4.70 Å². The number of aromatic hydroxyl groups is 1. The van der Waals surface area contributed by atoms with Gasteiger partial charge in [-0.15, -0.1) is 24.0 Å². The Morgan fingerprint density at radius 1 is 1.36 bits per heavy atom. The topological polar surface area (TPSA) is 60.7 Å². The highest BCUT2D eigenvalue weighted by molar-refractivity contribution is 7.80. The van der Waals surface area contributed by atoms with Crippen LogP contribution >= 0.6 is 24.0 Å². The largest absolute Gasteiger partial charge is 0.508 e. The SMILES string of the molecule is OB(O)c1cc(S)c2sccc2c1O. The second-order valence-corrected chi connectivity index (χ2v) is 4.27. The van der Waals surface area contributed by atoms with Crippen LogP contribution in [0.4, 0.5) is 0 Å². The Morgan fingerprint density at radius 3 is 2.71 bits per heavy atom. The number of benzene rings is 1. The molecule has 0 atom stereocenters. The average molecular weight is 226 g/mol. The summed E-state index contributed by atoms with van der Waals surface area (Å²) in [6.07, 6.45) is 0. The van der Waals surface area contributed by atoms with Crippen molar-refractivity contribution in [2.24, 2.45) is 0 Å². The van der Waals surface area contributed by atoms with Crippen LogP contribution in [0.1, 0.15) is 0 Å². The summed E-state index contributed by atoms with van der Waals surface area (Å²) >= 11 is 5.65. The number of phenolic OH excluding ortho intramolecular Hbond substituents is 1. The van der Waals surface area contributed by atoms with Crippen LogP contribution < -0.4 is 5.46 Å². The second kappa shape index (κ2) is 3.47. The zero-order valence-electron chi connectivity index (χ0n) is 7.01. The number of phenols is 1. The van der Waals surface area contributed by atoms with Crippen molar-refractivity contribution in [3.63, 3.8) is 0 Å². The maximum Gasteiger partial charge on any atom is 0.492 e. The molecule has 0 saturated carbocycles. The van der Waals surface area contributed by atoms with Crippen molar-refractivity contribution in [3.05, 3.63) is 17.5 Å². The molecule has 0 radical (unpaired) electrons. The van der Waals surface area contributed by atoms with E-state index in [1.165, 1.54) is 17.4 Å². The quantitative estimate of drug-likeness (QED) is 0.425. The third-order valence-corrected chi connectivity index (χ3v) is 3.45. The van der Waals surface area contributed by atoms with E-state index in [0.29, 0.717) is 10.3 Å². The predicted octanol–water partition coefficient (Wildman–Crippen LogP) is 0.575. The van der Waals surface area contributed by atoms with Gasteiger partial charge in [0, 0.05) is 15.7 Å². The lowest BCUT2D eigenvalue weighted by molar-refractivity contribution is 0.420. The van der Waals surface area contributed by atoms with Gasteiger partial charge in [0.1, 0.15) is 5.75 Å². The molecule has 14 heavy (non-hydrogen) atoms. The third kappa shape index (κ3) is 1.40. The van der Waals surface area contributed by atoms with Crippen molar-refractivity contribution in [2.75, 3.05) is 0 Å². The average Bonchev–Trinajstić information content (AvgIpc) is 2.59. The molecule has 6 heteroatoms. The fraction of sp³-hybridized carbons (Fsp3) is 0. The molecule has 1 aromatic heterocycles. The van der Waals surface area contributed by atoms with Crippen LogP contribution in [0.25, 0.3) is 10.1 Å². The lowest BCUT2D eigenvalue weighted by Gasteiger charge is -2.06. The molecule has 0 fully saturated rings. The first-order chi connectivity index (χ1) is 6.61. The fourth-order valence-electron chi connectivity index (χ4n) is 1.33. The highest BCUT2D eigenvalue weighted by Gasteiger charge is 2.19. The Balaban J connectivity index is 2.82. The van der Waals surface area contributed by atoms with E-state index in [1.54, 1.807) is 6.07 Å². The fourth-order valence-corrected chi connectivity index (χ4v) is 2.56. The summed E-state index contributed by atoms with van der Waals surface area (Å²) in [6, 6.07) is 3.18. The van der Waals surface area contributed by atoms with E-state index in [9.17, 15) is 5.11 Å². The van der Waals surface area contributed by atoms with Gasteiger partial charge in [-0.1, -0.05) is 0 Å². The number of hydrogen-bond donors (Lipinski definition) is 4. The molecule has 0 unspecified atom stereocenters. The molecule has 0 amide bonds. The van der Waals surface area contributed by atoms with Gasteiger partial charge in [0.25, 0.3) is 0 Å². The first-order valence-corrected chi connectivity index (χ1v) is 5.22. The second-order valence-electron chi connectivity index (χ2n) is 2.87. The number of fused-ring (bicyclic) bond motifs is 1. The van der Waals surface area contributed by atoms with Crippen LogP contribution in [0.2, 0.25) is 0 Å². The summed E-state index contributed by atoms with van der Waals surface area (Å²) < 4.78 is 0.843. The predicted molar refractivity (Wildman–Crippen MR) is 60.6 cm³/mol. The summed E-state index contributed by atoms with van der Waals surface area (Å²) in [5, 5.41) is 30.1. The smallest absolute Gasteiger partial charge is 0.492 e. The minimum atomic E-state index is -1.68. The van der Waals surface area contributed by atoms with Crippen LogP contribution in [-0.4, -0.2) is 22.3 Å². The Morgan fingerprint density at radius 2 is 2.07 bits per heavy atom. The van der Waals surface area contributed by atoms with E-state index in [-0.39, 0.29) is 11.2 Å². The number of rotatable bonds is 1. The molecule has 2 aromatic rings. The monoisotopic (exact) mass is 226 g/mol. The Labute approximate surface area is 90.2 Å². The van der Waals surface area contributed by atoms with Crippen LogP contribution in [-0.2, 0) is 0 Å². The highest BCUT2D eigenvalue weighted by atomic mass is 32.1. The van der Waals surface area contributed by atoms with Crippen molar-refractivity contribution < 1.29 is 15.2 Å². The molecular formula is C8H7BO3S2. The van der Waals surface area contributed by atoms with Crippen LogP contribution in [0.5, 0.6) is 5.75 Å². The number of thiophene rings is 1. The van der Waals surface area contributed by atoms with Gasteiger partial charge in [0.15, 0.2) is 0 Å². The molecule has 3 nitrogen and oxygen atoms in total. The Hall–Kier alpha value is -0.685. The Bertz CT molecular complexity index is 481. The minimum Gasteiger partial charge on any atom is -0.508 e. The van der Waals surface area contributed by atoms with E-state index in [2.05, 4.69) is 12.6 Å². The first-order valence-electron chi connectivity index (χ1n) is 3.89. The van der Waals surface area contributed by atoms with Gasteiger partial charge < -0.3 is 15.2 Å². The van der Waals surface area contributed by atoms with Crippen LogP contribution in [0.15, 0.2) is 22.4 Å². The Kier molecular flexibility index (Phi) is 2.44. The molecule has 72 valence electrons.